The largest absolute Gasteiger partial charge is 0.437 e. The molecule has 1 aliphatic rings. The van der Waals surface area contributed by atoms with Crippen LogP contribution in [0.15, 0.2) is 46.2 Å². The molecule has 1 amide bonds. The minimum atomic E-state index is -0.370. The van der Waals surface area contributed by atoms with Gasteiger partial charge in [0.15, 0.2) is 0 Å². The average molecular weight is 534 g/mol. The molecule has 3 heterocycles. The standard InChI is InChI=1S/C24H21Cl2N3O3S2/c1-3-4-5-10-29-23(31)19(34-24(29)33)13-16-21(32-18-9-8-15(25)12-17(18)26)27-20-14(2)7-6-11-28(20)22(16)30/h6-9,11-13H,3-5,10H2,1-2H3/b19-13+. The molecule has 176 valence electrons. The van der Waals surface area contributed by atoms with Crippen molar-refractivity contribution in [2.75, 3.05) is 6.54 Å². The number of nitrogens with zero attached hydrogens (tertiary/aromatic N) is 3. The lowest BCUT2D eigenvalue weighted by Gasteiger charge is -2.14. The molecule has 0 saturated carbocycles. The lowest BCUT2D eigenvalue weighted by atomic mass is 10.2. The number of carbonyl (C=O) groups is 1. The van der Waals surface area contributed by atoms with E-state index in [9.17, 15) is 9.59 Å². The van der Waals surface area contributed by atoms with Crippen molar-refractivity contribution in [2.45, 2.75) is 33.1 Å². The number of rotatable bonds is 7. The molecule has 2 aromatic heterocycles. The number of ether oxygens (including phenoxy) is 1. The molecule has 0 aliphatic carbocycles. The number of carbonyl (C=O) groups excluding carboxylic acids is 1. The summed E-state index contributed by atoms with van der Waals surface area (Å²) in [6, 6.07) is 8.38. The van der Waals surface area contributed by atoms with Crippen LogP contribution in [0.2, 0.25) is 10.0 Å². The summed E-state index contributed by atoms with van der Waals surface area (Å²) in [5.41, 5.74) is 0.991. The summed E-state index contributed by atoms with van der Waals surface area (Å²) in [6.45, 7) is 4.50. The highest BCUT2D eigenvalue weighted by Crippen LogP contribution is 2.36. The van der Waals surface area contributed by atoms with Crippen LogP contribution in [0.1, 0.15) is 37.3 Å². The van der Waals surface area contributed by atoms with E-state index in [1.165, 1.54) is 22.2 Å². The molecule has 0 unspecified atom stereocenters. The zero-order chi connectivity index (χ0) is 24.4. The summed E-state index contributed by atoms with van der Waals surface area (Å²) in [5, 5.41) is 0.721. The van der Waals surface area contributed by atoms with Crippen molar-refractivity contribution in [3.05, 3.63) is 73.0 Å². The molecule has 1 aromatic carbocycles. The van der Waals surface area contributed by atoms with Crippen LogP contribution in [-0.4, -0.2) is 31.1 Å². The number of aromatic nitrogens is 2. The Hall–Kier alpha value is -2.39. The Morgan fingerprint density at radius 2 is 2.00 bits per heavy atom. The molecule has 0 bridgehead atoms. The number of benzene rings is 1. The summed E-state index contributed by atoms with van der Waals surface area (Å²) in [7, 11) is 0. The number of unbranched alkanes of at least 4 members (excludes halogenated alkanes) is 2. The highest BCUT2D eigenvalue weighted by Gasteiger charge is 2.32. The maximum absolute atomic E-state index is 13.5. The molecule has 0 atom stereocenters. The number of hydrogen-bond acceptors (Lipinski definition) is 6. The number of fused-ring (bicyclic) bond motifs is 1. The van der Waals surface area contributed by atoms with E-state index in [1.54, 1.807) is 35.4 Å². The third kappa shape index (κ3) is 5.00. The van der Waals surface area contributed by atoms with Gasteiger partial charge in [-0.3, -0.25) is 18.9 Å². The van der Waals surface area contributed by atoms with Crippen molar-refractivity contribution in [1.82, 2.24) is 14.3 Å². The van der Waals surface area contributed by atoms with Gasteiger partial charge in [-0.1, -0.05) is 73.0 Å². The van der Waals surface area contributed by atoms with Gasteiger partial charge in [0.2, 0.25) is 5.88 Å². The maximum Gasteiger partial charge on any atom is 0.269 e. The first kappa shape index (κ1) is 24.7. The molecule has 1 fully saturated rings. The minimum Gasteiger partial charge on any atom is -0.437 e. The monoisotopic (exact) mass is 533 g/mol. The quantitative estimate of drug-likeness (QED) is 0.196. The third-order valence-corrected chi connectivity index (χ3v) is 7.19. The van der Waals surface area contributed by atoms with Crippen LogP contribution in [0.5, 0.6) is 11.6 Å². The van der Waals surface area contributed by atoms with Crippen molar-refractivity contribution >= 4 is 69.1 Å². The van der Waals surface area contributed by atoms with Crippen molar-refractivity contribution in [2.24, 2.45) is 0 Å². The molecule has 0 radical (unpaired) electrons. The SMILES string of the molecule is CCCCCN1C(=O)/C(=C\c2c(Oc3ccc(Cl)cc3Cl)nc3c(C)cccn3c2=O)SC1=S. The number of thioether (sulfide) groups is 1. The molecule has 34 heavy (non-hydrogen) atoms. The van der Waals surface area contributed by atoms with Crippen molar-refractivity contribution in [3.8, 4) is 11.6 Å². The Morgan fingerprint density at radius 3 is 2.74 bits per heavy atom. The van der Waals surface area contributed by atoms with Crippen molar-refractivity contribution < 1.29 is 9.53 Å². The van der Waals surface area contributed by atoms with Gasteiger partial charge in [-0.15, -0.1) is 0 Å². The fourth-order valence-electron chi connectivity index (χ4n) is 3.50. The van der Waals surface area contributed by atoms with E-state index in [0.29, 0.717) is 26.4 Å². The molecule has 10 heteroatoms. The van der Waals surface area contributed by atoms with Gasteiger partial charge >= 0.3 is 0 Å². The molecule has 1 aliphatic heterocycles. The fourth-order valence-corrected chi connectivity index (χ4v) is 5.24. The highest BCUT2D eigenvalue weighted by molar-refractivity contribution is 8.26. The molecular formula is C24H21Cl2N3O3S2. The maximum atomic E-state index is 13.5. The molecule has 1 saturated heterocycles. The number of pyridine rings is 1. The lowest BCUT2D eigenvalue weighted by molar-refractivity contribution is -0.122. The summed E-state index contributed by atoms with van der Waals surface area (Å²) in [6.07, 6.45) is 6.04. The number of halogens is 2. The zero-order valence-electron chi connectivity index (χ0n) is 18.5. The molecular weight excluding hydrogens is 513 g/mol. The van der Waals surface area contributed by atoms with E-state index in [1.807, 2.05) is 13.0 Å². The van der Waals surface area contributed by atoms with E-state index < -0.39 is 0 Å². The smallest absolute Gasteiger partial charge is 0.269 e. The third-order valence-electron chi connectivity index (χ3n) is 5.28. The van der Waals surface area contributed by atoms with Crippen molar-refractivity contribution in [3.63, 3.8) is 0 Å². The van der Waals surface area contributed by atoms with Gasteiger partial charge in [0.05, 0.1) is 9.93 Å². The van der Waals surface area contributed by atoms with Gasteiger partial charge in [0.1, 0.15) is 21.3 Å². The first-order valence-electron chi connectivity index (χ1n) is 10.7. The average Bonchev–Trinajstić information content (AvgIpc) is 3.06. The Kier molecular flexibility index (Phi) is 7.62. The first-order valence-corrected chi connectivity index (χ1v) is 12.7. The Morgan fingerprint density at radius 1 is 1.21 bits per heavy atom. The molecule has 6 nitrogen and oxygen atoms in total. The van der Waals surface area contributed by atoms with Gasteiger partial charge in [0, 0.05) is 17.8 Å². The summed E-state index contributed by atoms with van der Waals surface area (Å²) in [5.74, 6) is 0.104. The zero-order valence-corrected chi connectivity index (χ0v) is 21.7. The van der Waals surface area contributed by atoms with Crippen LogP contribution in [0.3, 0.4) is 0 Å². The first-order chi connectivity index (χ1) is 16.3. The molecule has 3 aromatic rings. The van der Waals surface area contributed by atoms with E-state index in [2.05, 4.69) is 11.9 Å². The second-order valence-electron chi connectivity index (χ2n) is 7.74. The van der Waals surface area contributed by atoms with E-state index in [4.69, 9.17) is 40.2 Å². The number of thiocarbonyl (C=S) groups is 1. The van der Waals surface area contributed by atoms with Gasteiger partial charge in [0.25, 0.3) is 11.5 Å². The van der Waals surface area contributed by atoms with E-state index >= 15 is 0 Å². The van der Waals surface area contributed by atoms with Crippen LogP contribution < -0.4 is 10.3 Å². The van der Waals surface area contributed by atoms with E-state index in [0.717, 1.165) is 24.8 Å². The van der Waals surface area contributed by atoms with Crippen LogP contribution in [0.4, 0.5) is 0 Å². The number of aryl methyl sites for hydroxylation is 1. The van der Waals surface area contributed by atoms with E-state index in [-0.39, 0.29) is 33.7 Å². The van der Waals surface area contributed by atoms with Crippen LogP contribution in [-0.2, 0) is 4.79 Å². The lowest BCUT2D eigenvalue weighted by Crippen LogP contribution is -2.29. The topological polar surface area (TPSA) is 63.9 Å². The van der Waals surface area contributed by atoms with Crippen LogP contribution >= 0.6 is 47.2 Å². The molecule has 0 spiro atoms. The number of hydrogen-bond donors (Lipinski definition) is 0. The van der Waals surface area contributed by atoms with Gasteiger partial charge in [-0.2, -0.15) is 4.98 Å². The molecule has 4 rings (SSSR count). The molecule has 0 N–H and O–H groups in total. The number of amides is 1. The van der Waals surface area contributed by atoms with Crippen LogP contribution in [0.25, 0.3) is 11.7 Å². The fraction of sp³-hybridized carbons (Fsp3) is 0.250. The normalized spacial score (nSPS) is 15.1. The van der Waals surface area contributed by atoms with Gasteiger partial charge < -0.3 is 4.74 Å². The minimum absolute atomic E-state index is 0.0415. The van der Waals surface area contributed by atoms with Gasteiger partial charge in [-0.05, 0) is 49.2 Å². The second kappa shape index (κ2) is 10.5. The predicted molar refractivity (Wildman–Crippen MR) is 142 cm³/mol. The van der Waals surface area contributed by atoms with Gasteiger partial charge in [-0.25, -0.2) is 0 Å². The second-order valence-corrected chi connectivity index (χ2v) is 10.3. The van der Waals surface area contributed by atoms with Crippen molar-refractivity contribution in [1.29, 1.82) is 0 Å². The Labute approximate surface area is 216 Å². The Bertz CT molecular complexity index is 1390. The Balaban J connectivity index is 1.82. The van der Waals surface area contributed by atoms with Crippen LogP contribution in [0, 0.1) is 6.92 Å². The summed E-state index contributed by atoms with van der Waals surface area (Å²) < 4.78 is 7.89. The highest BCUT2D eigenvalue weighted by atomic mass is 35.5. The summed E-state index contributed by atoms with van der Waals surface area (Å²) in [4.78, 5) is 33.0. The predicted octanol–water partition coefficient (Wildman–Crippen LogP) is 6.49. The summed E-state index contributed by atoms with van der Waals surface area (Å²) >= 11 is 18.9.